The fourth-order valence-electron chi connectivity index (χ4n) is 2.01. The summed E-state index contributed by atoms with van der Waals surface area (Å²) in [5.41, 5.74) is 2.22. The van der Waals surface area contributed by atoms with Crippen LogP contribution in [0.25, 0.3) is 0 Å². The van der Waals surface area contributed by atoms with Crippen molar-refractivity contribution < 1.29 is 4.74 Å². The molecule has 0 amide bonds. The third kappa shape index (κ3) is 2.97. The molecule has 0 saturated carbocycles. The monoisotopic (exact) mass is 359 g/mol. The Morgan fingerprint density at radius 2 is 2.16 bits per heavy atom. The summed E-state index contributed by atoms with van der Waals surface area (Å²) in [7, 11) is 3.61. The molecule has 2 nitrogen and oxygen atoms in total. The second-order valence-corrected chi connectivity index (χ2v) is 6.41. The zero-order valence-electron chi connectivity index (χ0n) is 11.0. The lowest BCUT2D eigenvalue weighted by atomic mass is 10.0. The number of halogens is 2. The number of methoxy groups -OCH3 is 1. The van der Waals surface area contributed by atoms with E-state index in [1.165, 1.54) is 0 Å². The highest BCUT2D eigenvalue weighted by molar-refractivity contribution is 9.10. The van der Waals surface area contributed by atoms with E-state index in [9.17, 15) is 0 Å². The molecular formula is C14H15BrClNOS. The number of rotatable bonds is 4. The molecular weight excluding hydrogens is 346 g/mol. The zero-order valence-corrected chi connectivity index (χ0v) is 14.1. The quantitative estimate of drug-likeness (QED) is 0.846. The van der Waals surface area contributed by atoms with Gasteiger partial charge in [0, 0.05) is 14.9 Å². The largest absolute Gasteiger partial charge is 0.496 e. The molecule has 1 atom stereocenters. The fraction of sp³-hybridized carbons (Fsp3) is 0.286. The van der Waals surface area contributed by atoms with Crippen molar-refractivity contribution >= 4 is 38.9 Å². The molecule has 5 heteroatoms. The molecule has 0 aliphatic carbocycles. The maximum absolute atomic E-state index is 6.25. The lowest BCUT2D eigenvalue weighted by molar-refractivity contribution is 0.405. The van der Waals surface area contributed by atoms with Gasteiger partial charge >= 0.3 is 0 Å². The number of benzene rings is 1. The van der Waals surface area contributed by atoms with Gasteiger partial charge in [-0.3, -0.25) is 0 Å². The SMILES string of the molecule is CNC(c1cc(Br)c(C)cc1OC)c1sccc1Cl. The molecule has 19 heavy (non-hydrogen) atoms. The summed E-state index contributed by atoms with van der Waals surface area (Å²) in [4.78, 5) is 1.10. The lowest BCUT2D eigenvalue weighted by Gasteiger charge is -2.20. The predicted octanol–water partition coefficient (Wildman–Crippen LogP) is 4.79. The Morgan fingerprint density at radius 3 is 2.68 bits per heavy atom. The van der Waals surface area contributed by atoms with Gasteiger partial charge in [-0.15, -0.1) is 11.3 Å². The normalized spacial score (nSPS) is 12.5. The van der Waals surface area contributed by atoms with E-state index < -0.39 is 0 Å². The van der Waals surface area contributed by atoms with Crippen molar-refractivity contribution in [1.29, 1.82) is 0 Å². The van der Waals surface area contributed by atoms with Crippen LogP contribution in [0, 0.1) is 6.92 Å². The zero-order chi connectivity index (χ0) is 14.0. The first-order chi connectivity index (χ1) is 9.08. The predicted molar refractivity (Wildman–Crippen MR) is 85.7 cm³/mol. The minimum atomic E-state index is 0.0272. The molecule has 0 fully saturated rings. The van der Waals surface area contributed by atoms with Crippen LogP contribution < -0.4 is 10.1 Å². The van der Waals surface area contributed by atoms with Crippen LogP contribution in [0.4, 0.5) is 0 Å². The van der Waals surface area contributed by atoms with Crippen LogP contribution >= 0.6 is 38.9 Å². The van der Waals surface area contributed by atoms with E-state index >= 15 is 0 Å². The van der Waals surface area contributed by atoms with Gasteiger partial charge in [0.05, 0.1) is 18.2 Å². The number of ether oxygens (including phenoxy) is 1. The summed E-state index contributed by atoms with van der Waals surface area (Å²) in [6, 6.07) is 6.07. The van der Waals surface area contributed by atoms with Crippen molar-refractivity contribution in [2.75, 3.05) is 14.2 Å². The molecule has 2 rings (SSSR count). The summed E-state index contributed by atoms with van der Waals surface area (Å²) >= 11 is 11.5. The van der Waals surface area contributed by atoms with Gasteiger partial charge in [0.25, 0.3) is 0 Å². The van der Waals surface area contributed by atoms with Gasteiger partial charge in [0.1, 0.15) is 5.75 Å². The van der Waals surface area contributed by atoms with Crippen molar-refractivity contribution in [3.8, 4) is 5.75 Å². The Labute approximate surface area is 130 Å². The van der Waals surface area contributed by atoms with Crippen LogP contribution in [0.15, 0.2) is 28.1 Å². The van der Waals surface area contributed by atoms with Crippen LogP contribution in [0.1, 0.15) is 22.0 Å². The highest BCUT2D eigenvalue weighted by atomic mass is 79.9. The Morgan fingerprint density at radius 1 is 1.42 bits per heavy atom. The standard InChI is InChI=1S/C14H15BrClNOS/c1-8-6-12(18-3)9(7-10(8)15)13(17-2)14-11(16)4-5-19-14/h4-7,13,17H,1-3H3. The van der Waals surface area contributed by atoms with Crippen molar-refractivity contribution in [2.45, 2.75) is 13.0 Å². The second-order valence-electron chi connectivity index (χ2n) is 4.20. The topological polar surface area (TPSA) is 21.3 Å². The Balaban J connectivity index is 2.55. The molecule has 0 aliphatic heterocycles. The summed E-state index contributed by atoms with van der Waals surface area (Å²) in [6.45, 7) is 2.04. The van der Waals surface area contributed by atoms with Crippen LogP contribution in [-0.4, -0.2) is 14.2 Å². The highest BCUT2D eigenvalue weighted by Gasteiger charge is 2.21. The van der Waals surface area contributed by atoms with Crippen molar-refractivity contribution in [3.05, 3.63) is 49.1 Å². The van der Waals surface area contributed by atoms with E-state index in [1.54, 1.807) is 18.4 Å². The highest BCUT2D eigenvalue weighted by Crippen LogP contribution is 2.38. The number of nitrogens with one attached hydrogen (secondary N) is 1. The van der Waals surface area contributed by atoms with Crippen molar-refractivity contribution in [3.63, 3.8) is 0 Å². The number of hydrogen-bond donors (Lipinski definition) is 1. The third-order valence-corrected chi connectivity index (χ3v) is 5.30. The van der Waals surface area contributed by atoms with Gasteiger partial charge in [0.15, 0.2) is 0 Å². The lowest BCUT2D eigenvalue weighted by Crippen LogP contribution is -2.18. The van der Waals surface area contributed by atoms with Gasteiger partial charge in [-0.05, 0) is 43.1 Å². The smallest absolute Gasteiger partial charge is 0.124 e. The molecule has 1 unspecified atom stereocenters. The van der Waals surface area contributed by atoms with E-state index in [0.717, 1.165) is 31.2 Å². The summed E-state index contributed by atoms with van der Waals surface area (Å²) in [6.07, 6.45) is 0. The molecule has 0 spiro atoms. The van der Waals surface area contributed by atoms with Gasteiger partial charge in [-0.2, -0.15) is 0 Å². The molecule has 2 aromatic rings. The number of aryl methyl sites for hydroxylation is 1. The van der Waals surface area contributed by atoms with Crippen LogP contribution in [0.5, 0.6) is 5.75 Å². The average Bonchev–Trinajstić information content (AvgIpc) is 2.81. The van der Waals surface area contributed by atoms with Crippen LogP contribution in [-0.2, 0) is 0 Å². The van der Waals surface area contributed by atoms with E-state index in [1.807, 2.05) is 31.5 Å². The average molecular weight is 361 g/mol. The van der Waals surface area contributed by atoms with E-state index in [2.05, 4.69) is 27.3 Å². The minimum absolute atomic E-state index is 0.0272. The van der Waals surface area contributed by atoms with Crippen LogP contribution in [0.3, 0.4) is 0 Å². The van der Waals surface area contributed by atoms with Gasteiger partial charge in [-0.1, -0.05) is 27.5 Å². The number of thiophene rings is 1. The van der Waals surface area contributed by atoms with Crippen molar-refractivity contribution in [2.24, 2.45) is 0 Å². The van der Waals surface area contributed by atoms with Gasteiger partial charge in [-0.25, -0.2) is 0 Å². The molecule has 0 radical (unpaired) electrons. The van der Waals surface area contributed by atoms with E-state index in [4.69, 9.17) is 16.3 Å². The summed E-state index contributed by atoms with van der Waals surface area (Å²) in [5, 5.41) is 6.09. The maximum Gasteiger partial charge on any atom is 0.124 e. The first kappa shape index (κ1) is 14.9. The first-order valence-corrected chi connectivity index (χ1v) is 7.87. The molecule has 0 bridgehead atoms. The summed E-state index contributed by atoms with van der Waals surface area (Å²) in [5.74, 6) is 0.865. The van der Waals surface area contributed by atoms with Crippen LogP contribution in [0.2, 0.25) is 5.02 Å². The molecule has 1 aromatic heterocycles. The van der Waals surface area contributed by atoms with Gasteiger partial charge < -0.3 is 10.1 Å². The molecule has 0 saturated heterocycles. The molecule has 1 N–H and O–H groups in total. The second kappa shape index (κ2) is 6.27. The molecule has 102 valence electrons. The molecule has 0 aliphatic rings. The van der Waals surface area contributed by atoms with Gasteiger partial charge in [0.2, 0.25) is 0 Å². The Bertz CT molecular complexity index is 585. The minimum Gasteiger partial charge on any atom is -0.496 e. The molecule has 1 heterocycles. The third-order valence-electron chi connectivity index (χ3n) is 3.02. The maximum atomic E-state index is 6.25. The van der Waals surface area contributed by atoms with Crippen molar-refractivity contribution in [1.82, 2.24) is 5.32 Å². The first-order valence-electron chi connectivity index (χ1n) is 5.82. The Hall–Kier alpha value is -0.550. The van der Waals surface area contributed by atoms with E-state index in [0.29, 0.717) is 0 Å². The molecule has 1 aromatic carbocycles. The van der Waals surface area contributed by atoms with E-state index in [-0.39, 0.29) is 6.04 Å². The fourth-order valence-corrected chi connectivity index (χ4v) is 3.67. The number of hydrogen-bond acceptors (Lipinski definition) is 3. The Kier molecular flexibility index (Phi) is 4.90. The summed E-state index contributed by atoms with van der Waals surface area (Å²) < 4.78 is 6.57.